The molecule has 184 valence electrons. The van der Waals surface area contributed by atoms with Gasteiger partial charge in [0.25, 0.3) is 0 Å². The van der Waals surface area contributed by atoms with Crippen LogP contribution in [0.3, 0.4) is 0 Å². The van der Waals surface area contributed by atoms with Crippen molar-refractivity contribution in [3.63, 3.8) is 0 Å². The van der Waals surface area contributed by atoms with Crippen LogP contribution >= 0.6 is 0 Å². The van der Waals surface area contributed by atoms with Crippen LogP contribution in [0.25, 0.3) is 22.5 Å². The molecule has 0 saturated heterocycles. The maximum Gasteiger partial charge on any atom is 0.354 e. The normalized spacial score (nSPS) is 18.1. The van der Waals surface area contributed by atoms with Crippen LogP contribution in [0.1, 0.15) is 52.5 Å². The third-order valence-electron chi connectivity index (χ3n) is 6.58. The standard InChI is InChI=1S/C26H32N6O3/c1-5-15-26(6-2)27-22(25(3,4)35)21(24(33)34)32(26)16-17-11-13-18(14-12-17)19-9-7-8-10-20(19)23-28-30-31-29-23/h7-14,27,35H,5-6,15-16H2,1-4H3,(H,33,34)(H,28,29,30,31). The summed E-state index contributed by atoms with van der Waals surface area (Å²) in [5.74, 6) is -0.456. The molecule has 1 atom stereocenters. The summed E-state index contributed by atoms with van der Waals surface area (Å²) in [6, 6.07) is 16.0. The van der Waals surface area contributed by atoms with Gasteiger partial charge in [0.1, 0.15) is 17.0 Å². The number of H-pyrrole nitrogens is 1. The van der Waals surface area contributed by atoms with Gasteiger partial charge in [0.05, 0.1) is 5.70 Å². The number of aliphatic carboxylic acids is 1. The summed E-state index contributed by atoms with van der Waals surface area (Å²) in [5.41, 5.74) is 2.45. The Kier molecular flexibility index (Phi) is 6.62. The number of aromatic nitrogens is 4. The van der Waals surface area contributed by atoms with Gasteiger partial charge >= 0.3 is 5.97 Å². The molecule has 35 heavy (non-hydrogen) atoms. The zero-order chi connectivity index (χ0) is 25.2. The van der Waals surface area contributed by atoms with Crippen molar-refractivity contribution in [3.05, 3.63) is 65.5 Å². The van der Waals surface area contributed by atoms with Crippen LogP contribution in [-0.2, 0) is 11.3 Å². The largest absolute Gasteiger partial charge is 0.477 e. The Morgan fingerprint density at radius 3 is 2.31 bits per heavy atom. The van der Waals surface area contributed by atoms with E-state index < -0.39 is 17.2 Å². The molecular weight excluding hydrogens is 444 g/mol. The van der Waals surface area contributed by atoms with Crippen molar-refractivity contribution in [1.82, 2.24) is 30.8 Å². The van der Waals surface area contributed by atoms with E-state index in [9.17, 15) is 15.0 Å². The average molecular weight is 477 g/mol. The highest BCUT2D eigenvalue weighted by molar-refractivity contribution is 5.88. The fourth-order valence-corrected chi connectivity index (χ4v) is 4.86. The first-order valence-electron chi connectivity index (χ1n) is 11.9. The Morgan fingerprint density at radius 2 is 1.77 bits per heavy atom. The summed E-state index contributed by atoms with van der Waals surface area (Å²) in [5, 5.41) is 38.5. The number of benzene rings is 2. The van der Waals surface area contributed by atoms with Crippen molar-refractivity contribution < 1.29 is 15.0 Å². The van der Waals surface area contributed by atoms with Gasteiger partial charge < -0.3 is 20.4 Å². The number of nitrogens with one attached hydrogen (secondary N) is 2. The lowest BCUT2D eigenvalue weighted by molar-refractivity contribution is -0.135. The molecule has 4 rings (SSSR count). The Hall–Kier alpha value is -3.72. The summed E-state index contributed by atoms with van der Waals surface area (Å²) in [7, 11) is 0. The second-order valence-electron chi connectivity index (χ2n) is 9.43. The van der Waals surface area contributed by atoms with E-state index in [4.69, 9.17) is 0 Å². The van der Waals surface area contributed by atoms with Crippen LogP contribution in [-0.4, -0.2) is 53.0 Å². The molecule has 0 fully saturated rings. The van der Waals surface area contributed by atoms with Crippen molar-refractivity contribution in [1.29, 1.82) is 0 Å². The van der Waals surface area contributed by atoms with E-state index in [1.807, 2.05) is 60.4 Å². The predicted octanol–water partition coefficient (Wildman–Crippen LogP) is 3.91. The molecule has 1 aliphatic heterocycles. The summed E-state index contributed by atoms with van der Waals surface area (Å²) >= 11 is 0. The highest BCUT2D eigenvalue weighted by Gasteiger charge is 2.48. The molecule has 4 N–H and O–H groups in total. The molecule has 0 radical (unpaired) electrons. The topological polar surface area (TPSA) is 127 Å². The second-order valence-corrected chi connectivity index (χ2v) is 9.43. The van der Waals surface area contributed by atoms with Gasteiger partial charge in [-0.25, -0.2) is 9.89 Å². The number of nitrogens with zero attached hydrogens (tertiary/aromatic N) is 4. The molecule has 1 aromatic heterocycles. The molecule has 9 heteroatoms. The first-order valence-corrected chi connectivity index (χ1v) is 11.9. The molecule has 0 bridgehead atoms. The quantitative estimate of drug-likeness (QED) is 0.366. The molecule has 3 aromatic rings. The van der Waals surface area contributed by atoms with Crippen molar-refractivity contribution in [3.8, 4) is 22.5 Å². The smallest absolute Gasteiger partial charge is 0.354 e. The van der Waals surface area contributed by atoms with Crippen molar-refractivity contribution in [2.24, 2.45) is 0 Å². The third-order valence-corrected chi connectivity index (χ3v) is 6.58. The van der Waals surface area contributed by atoms with Gasteiger partial charge in [-0.3, -0.25) is 0 Å². The SMILES string of the molecule is CCCC1(CC)NC(C(C)(C)O)=C(C(=O)O)N1Cc1ccc(-c2ccccc2-c2nnn[nH]2)cc1. The minimum atomic E-state index is -1.31. The number of aromatic amines is 1. The van der Waals surface area contributed by atoms with Gasteiger partial charge in [0, 0.05) is 12.1 Å². The number of hydrogen-bond donors (Lipinski definition) is 4. The average Bonchev–Trinajstić information content (AvgIpc) is 3.47. The van der Waals surface area contributed by atoms with Crippen molar-refractivity contribution in [2.75, 3.05) is 0 Å². The minimum Gasteiger partial charge on any atom is -0.477 e. The third kappa shape index (κ3) is 4.64. The van der Waals surface area contributed by atoms with Gasteiger partial charge in [-0.1, -0.05) is 68.8 Å². The van der Waals surface area contributed by atoms with Crippen LogP contribution < -0.4 is 5.32 Å². The minimum absolute atomic E-state index is 0.125. The molecule has 2 heterocycles. The fourth-order valence-electron chi connectivity index (χ4n) is 4.86. The maximum absolute atomic E-state index is 12.4. The van der Waals surface area contributed by atoms with E-state index in [2.05, 4.69) is 32.9 Å². The summed E-state index contributed by atoms with van der Waals surface area (Å²) < 4.78 is 0. The number of carboxylic acid groups (broad SMARTS) is 1. The van der Waals surface area contributed by atoms with Gasteiger partial charge in [0.2, 0.25) is 0 Å². The Bertz CT molecular complexity index is 1210. The van der Waals surface area contributed by atoms with E-state index in [-0.39, 0.29) is 5.70 Å². The lowest BCUT2D eigenvalue weighted by Gasteiger charge is -2.41. The van der Waals surface area contributed by atoms with Crippen LogP contribution in [0.2, 0.25) is 0 Å². The van der Waals surface area contributed by atoms with Gasteiger partial charge in [-0.05, 0) is 53.8 Å². The molecule has 0 aliphatic carbocycles. The molecule has 9 nitrogen and oxygen atoms in total. The van der Waals surface area contributed by atoms with E-state index in [0.29, 0.717) is 24.5 Å². The summed E-state index contributed by atoms with van der Waals surface area (Å²) in [6.07, 6.45) is 2.31. The van der Waals surface area contributed by atoms with E-state index in [0.717, 1.165) is 35.1 Å². The zero-order valence-electron chi connectivity index (χ0n) is 20.5. The van der Waals surface area contributed by atoms with Crippen molar-refractivity contribution >= 4 is 5.97 Å². The number of tetrazole rings is 1. The zero-order valence-corrected chi connectivity index (χ0v) is 20.5. The second kappa shape index (κ2) is 9.50. The van der Waals surface area contributed by atoms with Gasteiger partial charge in [-0.15, -0.1) is 5.10 Å². The number of carbonyl (C=O) groups is 1. The molecule has 1 unspecified atom stereocenters. The van der Waals surface area contributed by atoms with Crippen LogP contribution in [0.15, 0.2) is 59.9 Å². The Balaban J connectivity index is 1.70. The number of hydrogen-bond acceptors (Lipinski definition) is 7. The fraction of sp³-hybridized carbons (Fsp3) is 0.385. The first-order chi connectivity index (χ1) is 16.7. The Labute approximate surface area is 204 Å². The van der Waals surface area contributed by atoms with E-state index in [1.54, 1.807) is 13.8 Å². The maximum atomic E-state index is 12.4. The molecule has 0 spiro atoms. The van der Waals surface area contributed by atoms with Crippen LogP contribution in [0.4, 0.5) is 0 Å². The van der Waals surface area contributed by atoms with Crippen LogP contribution in [0, 0.1) is 0 Å². The summed E-state index contributed by atoms with van der Waals surface area (Å²) in [6.45, 7) is 7.75. The monoisotopic (exact) mass is 476 g/mol. The lowest BCUT2D eigenvalue weighted by atomic mass is 9.96. The molecular formula is C26H32N6O3. The molecule has 1 aliphatic rings. The van der Waals surface area contributed by atoms with Gasteiger partial charge in [0.15, 0.2) is 5.82 Å². The highest BCUT2D eigenvalue weighted by Crippen LogP contribution is 2.40. The van der Waals surface area contributed by atoms with E-state index >= 15 is 0 Å². The highest BCUT2D eigenvalue weighted by atomic mass is 16.4. The number of carboxylic acids is 1. The first kappa shape index (κ1) is 24.4. The van der Waals surface area contributed by atoms with Crippen LogP contribution in [0.5, 0.6) is 0 Å². The predicted molar refractivity (Wildman–Crippen MR) is 133 cm³/mol. The number of aliphatic hydroxyl groups is 1. The van der Waals surface area contributed by atoms with E-state index in [1.165, 1.54) is 0 Å². The molecule has 0 saturated carbocycles. The van der Waals surface area contributed by atoms with Gasteiger partial charge in [-0.2, -0.15) is 0 Å². The molecule has 0 amide bonds. The Morgan fingerprint density at radius 1 is 1.09 bits per heavy atom. The summed E-state index contributed by atoms with van der Waals surface area (Å²) in [4.78, 5) is 14.3. The molecule has 2 aromatic carbocycles. The van der Waals surface area contributed by atoms with Crippen molar-refractivity contribution in [2.45, 2.75) is 64.8 Å². The lowest BCUT2D eigenvalue weighted by Crippen LogP contribution is -2.53. The number of rotatable bonds is 9.